The van der Waals surface area contributed by atoms with Crippen LogP contribution < -0.4 is 5.73 Å². The van der Waals surface area contributed by atoms with Gasteiger partial charge in [0.2, 0.25) is 0 Å². The van der Waals surface area contributed by atoms with Gasteiger partial charge < -0.3 is 10.8 Å². The number of benzene rings is 2. The zero-order valence-corrected chi connectivity index (χ0v) is 11.4. The standard InChI is InChI=1S/C16H18N2O/c1-10-8-14(9-11(2)15(10)19)12-4-6-13(7-5-12)16(17)18-3/h4-9,19H,1-3H3,(H2,17,18). The van der Waals surface area contributed by atoms with Gasteiger partial charge in [-0.1, -0.05) is 24.3 Å². The van der Waals surface area contributed by atoms with Crippen LogP contribution in [0.15, 0.2) is 41.4 Å². The number of aliphatic imine (C=N–C) groups is 1. The molecule has 3 nitrogen and oxygen atoms in total. The van der Waals surface area contributed by atoms with Gasteiger partial charge in [-0.05, 0) is 48.2 Å². The summed E-state index contributed by atoms with van der Waals surface area (Å²) in [4.78, 5) is 3.96. The number of hydrogen-bond donors (Lipinski definition) is 2. The summed E-state index contributed by atoms with van der Waals surface area (Å²) in [6.45, 7) is 3.81. The molecule has 2 aromatic carbocycles. The molecule has 2 rings (SSSR count). The van der Waals surface area contributed by atoms with Gasteiger partial charge in [-0.25, -0.2) is 0 Å². The first-order valence-corrected chi connectivity index (χ1v) is 6.16. The molecule has 0 radical (unpaired) electrons. The lowest BCUT2D eigenvalue weighted by molar-refractivity contribution is 0.467. The minimum absolute atomic E-state index is 0.364. The number of nitrogens with two attached hydrogens (primary N) is 1. The third-order valence-electron chi connectivity index (χ3n) is 3.25. The Labute approximate surface area is 113 Å². The molecule has 0 atom stereocenters. The van der Waals surface area contributed by atoms with Gasteiger partial charge in [0.15, 0.2) is 0 Å². The van der Waals surface area contributed by atoms with Crippen molar-refractivity contribution < 1.29 is 5.11 Å². The minimum atomic E-state index is 0.364. The molecular formula is C16H18N2O. The van der Waals surface area contributed by atoms with Crippen LogP contribution in [0.4, 0.5) is 0 Å². The van der Waals surface area contributed by atoms with Gasteiger partial charge in [0.1, 0.15) is 11.6 Å². The summed E-state index contributed by atoms with van der Waals surface area (Å²) in [5, 5.41) is 9.79. The van der Waals surface area contributed by atoms with E-state index in [-0.39, 0.29) is 0 Å². The van der Waals surface area contributed by atoms with E-state index in [0.717, 1.165) is 27.8 Å². The lowest BCUT2D eigenvalue weighted by Crippen LogP contribution is -2.12. The molecule has 0 aliphatic heterocycles. The molecule has 2 aromatic rings. The summed E-state index contributed by atoms with van der Waals surface area (Å²) in [5.74, 6) is 0.896. The second-order valence-electron chi connectivity index (χ2n) is 4.64. The van der Waals surface area contributed by atoms with Gasteiger partial charge >= 0.3 is 0 Å². The molecule has 0 saturated heterocycles. The fourth-order valence-corrected chi connectivity index (χ4v) is 2.09. The summed E-state index contributed by atoms with van der Waals surface area (Å²) < 4.78 is 0. The Bertz CT molecular complexity index is 605. The smallest absolute Gasteiger partial charge is 0.125 e. The minimum Gasteiger partial charge on any atom is -0.507 e. The number of nitrogens with zero attached hydrogens (tertiary/aromatic N) is 1. The number of phenols is 1. The average molecular weight is 254 g/mol. The van der Waals surface area contributed by atoms with E-state index in [4.69, 9.17) is 5.73 Å². The summed E-state index contributed by atoms with van der Waals surface area (Å²) in [7, 11) is 1.68. The number of amidine groups is 1. The highest BCUT2D eigenvalue weighted by atomic mass is 16.3. The Balaban J connectivity index is 2.43. The van der Waals surface area contributed by atoms with Crippen molar-refractivity contribution in [1.82, 2.24) is 0 Å². The van der Waals surface area contributed by atoms with Crippen molar-refractivity contribution in [1.29, 1.82) is 0 Å². The summed E-state index contributed by atoms with van der Waals surface area (Å²) >= 11 is 0. The SMILES string of the molecule is CN=C(N)c1ccc(-c2cc(C)c(O)c(C)c2)cc1. The van der Waals surface area contributed by atoms with E-state index in [1.807, 2.05) is 50.2 Å². The van der Waals surface area contributed by atoms with Crippen molar-refractivity contribution >= 4 is 5.84 Å². The maximum atomic E-state index is 9.79. The molecule has 0 aromatic heterocycles. The molecule has 0 unspecified atom stereocenters. The van der Waals surface area contributed by atoms with Crippen molar-refractivity contribution in [3.05, 3.63) is 53.1 Å². The van der Waals surface area contributed by atoms with E-state index in [2.05, 4.69) is 4.99 Å². The van der Waals surface area contributed by atoms with Crippen LogP contribution in [0.25, 0.3) is 11.1 Å². The number of hydrogen-bond acceptors (Lipinski definition) is 2. The van der Waals surface area contributed by atoms with Gasteiger partial charge in [0.05, 0.1) is 0 Å². The van der Waals surface area contributed by atoms with Crippen molar-refractivity contribution in [3.63, 3.8) is 0 Å². The van der Waals surface area contributed by atoms with E-state index in [1.165, 1.54) is 0 Å². The van der Waals surface area contributed by atoms with Crippen molar-refractivity contribution in [2.45, 2.75) is 13.8 Å². The second-order valence-corrected chi connectivity index (χ2v) is 4.64. The van der Waals surface area contributed by atoms with Crippen molar-refractivity contribution in [2.75, 3.05) is 7.05 Å². The van der Waals surface area contributed by atoms with Crippen LogP contribution in [0.5, 0.6) is 5.75 Å². The molecule has 3 N–H and O–H groups in total. The van der Waals surface area contributed by atoms with E-state index in [9.17, 15) is 5.11 Å². The first-order valence-electron chi connectivity index (χ1n) is 6.16. The molecule has 19 heavy (non-hydrogen) atoms. The number of aromatic hydroxyl groups is 1. The maximum Gasteiger partial charge on any atom is 0.125 e. The number of aryl methyl sites for hydroxylation is 2. The van der Waals surface area contributed by atoms with E-state index < -0.39 is 0 Å². The third-order valence-corrected chi connectivity index (χ3v) is 3.25. The lowest BCUT2D eigenvalue weighted by atomic mass is 9.99. The summed E-state index contributed by atoms with van der Waals surface area (Å²) in [5.41, 5.74) is 10.6. The Hall–Kier alpha value is -2.29. The molecule has 0 fully saturated rings. The third kappa shape index (κ3) is 2.60. The predicted octanol–water partition coefficient (Wildman–Crippen LogP) is 3.01. The van der Waals surface area contributed by atoms with Gasteiger partial charge in [0.25, 0.3) is 0 Å². The molecule has 0 spiro atoms. The van der Waals surface area contributed by atoms with Gasteiger partial charge in [-0.15, -0.1) is 0 Å². The highest BCUT2D eigenvalue weighted by Gasteiger charge is 2.06. The topological polar surface area (TPSA) is 58.6 Å². The Morgan fingerprint density at radius 3 is 2.00 bits per heavy atom. The summed E-state index contributed by atoms with van der Waals surface area (Å²) in [6.07, 6.45) is 0. The van der Waals surface area contributed by atoms with Crippen LogP contribution in [0.1, 0.15) is 16.7 Å². The highest BCUT2D eigenvalue weighted by molar-refractivity contribution is 5.97. The monoisotopic (exact) mass is 254 g/mol. The van der Waals surface area contributed by atoms with Crippen LogP contribution in [0.3, 0.4) is 0 Å². The van der Waals surface area contributed by atoms with E-state index >= 15 is 0 Å². The van der Waals surface area contributed by atoms with Crippen molar-refractivity contribution in [2.24, 2.45) is 10.7 Å². The van der Waals surface area contributed by atoms with Gasteiger partial charge in [-0.2, -0.15) is 0 Å². The molecule has 0 aliphatic carbocycles. The summed E-state index contributed by atoms with van der Waals surface area (Å²) in [6, 6.07) is 11.9. The van der Waals surface area contributed by atoms with Gasteiger partial charge in [0, 0.05) is 12.6 Å². The van der Waals surface area contributed by atoms with E-state index in [1.54, 1.807) is 7.05 Å². The molecule has 98 valence electrons. The highest BCUT2D eigenvalue weighted by Crippen LogP contribution is 2.29. The second kappa shape index (κ2) is 5.14. The van der Waals surface area contributed by atoms with Crippen LogP contribution >= 0.6 is 0 Å². The van der Waals surface area contributed by atoms with E-state index in [0.29, 0.717) is 11.6 Å². The fraction of sp³-hybridized carbons (Fsp3) is 0.188. The predicted molar refractivity (Wildman–Crippen MR) is 79.7 cm³/mol. The quantitative estimate of drug-likeness (QED) is 0.639. The van der Waals surface area contributed by atoms with Crippen LogP contribution in [0.2, 0.25) is 0 Å². The first kappa shape index (κ1) is 13.1. The number of rotatable bonds is 2. The first-order chi connectivity index (χ1) is 9.02. The normalized spacial score (nSPS) is 11.6. The zero-order chi connectivity index (χ0) is 14.0. The number of phenolic OH excluding ortho intramolecular Hbond substituents is 1. The maximum absolute atomic E-state index is 9.79. The zero-order valence-electron chi connectivity index (χ0n) is 11.4. The molecule has 0 heterocycles. The van der Waals surface area contributed by atoms with Crippen LogP contribution in [-0.2, 0) is 0 Å². The molecule has 0 bridgehead atoms. The fourth-order valence-electron chi connectivity index (χ4n) is 2.09. The molecule has 0 aliphatic rings. The molecular weight excluding hydrogens is 236 g/mol. The Morgan fingerprint density at radius 2 is 1.53 bits per heavy atom. The van der Waals surface area contributed by atoms with Crippen LogP contribution in [-0.4, -0.2) is 18.0 Å². The van der Waals surface area contributed by atoms with Gasteiger partial charge in [-0.3, -0.25) is 4.99 Å². The molecule has 0 saturated carbocycles. The molecule has 0 amide bonds. The Kier molecular flexibility index (Phi) is 3.56. The largest absolute Gasteiger partial charge is 0.507 e. The molecule has 3 heteroatoms. The van der Waals surface area contributed by atoms with Crippen molar-refractivity contribution in [3.8, 4) is 16.9 Å². The lowest BCUT2D eigenvalue weighted by Gasteiger charge is -2.09. The van der Waals surface area contributed by atoms with Crippen LogP contribution in [0, 0.1) is 13.8 Å². The Morgan fingerprint density at radius 1 is 1.00 bits per heavy atom. The average Bonchev–Trinajstić information content (AvgIpc) is 2.43.